The molecule has 0 unspecified atom stereocenters. The molecule has 1 aliphatic rings. The van der Waals surface area contributed by atoms with Gasteiger partial charge in [-0.15, -0.1) is 0 Å². The molecule has 1 N–H and O–H groups in total. The lowest BCUT2D eigenvalue weighted by molar-refractivity contribution is 0.594. The first-order valence-corrected chi connectivity index (χ1v) is 8.35. The zero-order chi connectivity index (χ0) is 15.0. The Morgan fingerprint density at radius 1 is 1.10 bits per heavy atom. The molecule has 4 nitrogen and oxygen atoms in total. The summed E-state index contributed by atoms with van der Waals surface area (Å²) in [5, 5.41) is 3.24. The Hall–Kier alpha value is -2.01. The van der Waals surface area contributed by atoms with Crippen molar-refractivity contribution >= 4 is 21.4 Å². The van der Waals surface area contributed by atoms with Gasteiger partial charge in [0.25, 0.3) is 10.0 Å². The predicted molar refractivity (Wildman–Crippen MR) is 85.4 cm³/mol. The average molecular weight is 302 g/mol. The molecule has 0 atom stereocenters. The quantitative estimate of drug-likeness (QED) is 0.948. The number of anilines is 2. The fourth-order valence-corrected chi connectivity index (χ4v) is 3.74. The molecular weight excluding hydrogens is 284 g/mol. The fourth-order valence-electron chi connectivity index (χ4n) is 2.49. The van der Waals surface area contributed by atoms with Crippen LogP contribution in [0.3, 0.4) is 0 Å². The van der Waals surface area contributed by atoms with E-state index in [9.17, 15) is 8.42 Å². The molecule has 2 aromatic rings. The van der Waals surface area contributed by atoms with Crippen LogP contribution in [-0.4, -0.2) is 22.0 Å². The highest BCUT2D eigenvalue weighted by Crippen LogP contribution is 2.28. The van der Waals surface area contributed by atoms with Crippen molar-refractivity contribution in [1.29, 1.82) is 0 Å². The van der Waals surface area contributed by atoms with E-state index in [-0.39, 0.29) is 0 Å². The molecule has 0 bridgehead atoms. The summed E-state index contributed by atoms with van der Waals surface area (Å²) in [5.74, 6) is 0. The molecule has 0 aromatic heterocycles. The smallest absolute Gasteiger partial charge is 0.264 e. The highest BCUT2D eigenvalue weighted by atomic mass is 32.2. The highest BCUT2D eigenvalue weighted by molar-refractivity contribution is 7.92. The van der Waals surface area contributed by atoms with Crippen molar-refractivity contribution in [3.63, 3.8) is 0 Å². The zero-order valence-electron chi connectivity index (χ0n) is 12.1. The summed E-state index contributed by atoms with van der Waals surface area (Å²) in [4.78, 5) is 0.341. The maximum absolute atomic E-state index is 12.7. The minimum atomic E-state index is -3.52. The van der Waals surface area contributed by atoms with Crippen LogP contribution in [0, 0.1) is 6.92 Å². The van der Waals surface area contributed by atoms with E-state index in [1.165, 1.54) is 4.31 Å². The Morgan fingerprint density at radius 3 is 2.52 bits per heavy atom. The third-order valence-corrected chi connectivity index (χ3v) is 5.62. The van der Waals surface area contributed by atoms with Gasteiger partial charge in [0.05, 0.1) is 10.6 Å². The minimum absolute atomic E-state index is 0.341. The second-order valence-corrected chi connectivity index (χ2v) is 7.27. The molecule has 1 aliphatic heterocycles. The standard InChI is InChI=1S/C16H18N2O2S/c1-12-3-5-14(6-4-12)18(2)21(19,20)15-7-8-16-13(11-15)9-10-17-16/h3-8,11,17H,9-10H2,1-2H3. The van der Waals surface area contributed by atoms with E-state index in [4.69, 9.17) is 0 Å². The summed E-state index contributed by atoms with van der Waals surface area (Å²) in [6.07, 6.45) is 0.868. The van der Waals surface area contributed by atoms with Gasteiger partial charge in [0, 0.05) is 19.3 Å². The lowest BCUT2D eigenvalue weighted by Gasteiger charge is -2.20. The molecule has 0 fully saturated rings. The molecule has 0 amide bonds. The predicted octanol–water partition coefficient (Wildman–Crippen LogP) is 2.79. The molecule has 110 valence electrons. The van der Waals surface area contributed by atoms with Gasteiger partial charge in [-0.1, -0.05) is 17.7 Å². The first-order valence-electron chi connectivity index (χ1n) is 6.91. The van der Waals surface area contributed by atoms with E-state index in [0.717, 1.165) is 29.8 Å². The summed E-state index contributed by atoms with van der Waals surface area (Å²) in [6, 6.07) is 12.7. The van der Waals surface area contributed by atoms with Gasteiger partial charge in [-0.05, 0) is 49.2 Å². The van der Waals surface area contributed by atoms with Gasteiger partial charge in [-0.3, -0.25) is 4.31 Å². The van der Waals surface area contributed by atoms with Crippen molar-refractivity contribution in [1.82, 2.24) is 0 Å². The van der Waals surface area contributed by atoms with Gasteiger partial charge < -0.3 is 5.32 Å². The molecule has 0 radical (unpaired) electrons. The average Bonchev–Trinajstić information content (AvgIpc) is 2.94. The van der Waals surface area contributed by atoms with Crippen molar-refractivity contribution in [3.8, 4) is 0 Å². The number of benzene rings is 2. The normalized spacial score (nSPS) is 13.6. The molecule has 0 saturated heterocycles. The maximum atomic E-state index is 12.7. The van der Waals surface area contributed by atoms with Crippen molar-refractivity contribution in [3.05, 3.63) is 53.6 Å². The van der Waals surface area contributed by atoms with E-state index in [1.54, 1.807) is 19.2 Å². The lowest BCUT2D eigenvalue weighted by atomic mass is 10.2. The summed E-state index contributed by atoms with van der Waals surface area (Å²) >= 11 is 0. The second kappa shape index (κ2) is 5.07. The number of nitrogens with one attached hydrogen (secondary N) is 1. The minimum Gasteiger partial charge on any atom is -0.384 e. The van der Waals surface area contributed by atoms with Gasteiger partial charge >= 0.3 is 0 Å². The van der Waals surface area contributed by atoms with Crippen LogP contribution in [0.15, 0.2) is 47.4 Å². The number of hydrogen-bond acceptors (Lipinski definition) is 3. The Labute approximate surface area is 125 Å². The molecule has 5 heteroatoms. The fraction of sp³-hybridized carbons (Fsp3) is 0.250. The molecule has 0 spiro atoms. The molecule has 2 aromatic carbocycles. The zero-order valence-corrected chi connectivity index (χ0v) is 12.9. The van der Waals surface area contributed by atoms with Crippen LogP contribution < -0.4 is 9.62 Å². The summed E-state index contributed by atoms with van der Waals surface area (Å²) in [6.45, 7) is 2.85. The van der Waals surface area contributed by atoms with Crippen molar-refractivity contribution in [2.75, 3.05) is 23.2 Å². The molecule has 21 heavy (non-hydrogen) atoms. The Morgan fingerprint density at radius 2 is 1.81 bits per heavy atom. The van der Waals surface area contributed by atoms with E-state index in [2.05, 4.69) is 5.32 Å². The van der Waals surface area contributed by atoms with Crippen LogP contribution in [0.1, 0.15) is 11.1 Å². The van der Waals surface area contributed by atoms with Crippen molar-refractivity contribution in [2.24, 2.45) is 0 Å². The number of hydrogen-bond donors (Lipinski definition) is 1. The third kappa shape index (κ3) is 2.49. The largest absolute Gasteiger partial charge is 0.384 e. The number of sulfonamides is 1. The number of rotatable bonds is 3. The van der Waals surface area contributed by atoms with Gasteiger partial charge in [-0.2, -0.15) is 0 Å². The molecule has 1 heterocycles. The van der Waals surface area contributed by atoms with Gasteiger partial charge in [-0.25, -0.2) is 8.42 Å². The van der Waals surface area contributed by atoms with Crippen molar-refractivity contribution in [2.45, 2.75) is 18.2 Å². The maximum Gasteiger partial charge on any atom is 0.264 e. The summed E-state index contributed by atoms with van der Waals surface area (Å²) < 4.78 is 26.8. The Balaban J connectivity index is 1.98. The van der Waals surface area contributed by atoms with E-state index < -0.39 is 10.0 Å². The summed E-state index contributed by atoms with van der Waals surface area (Å²) in [7, 11) is -1.93. The van der Waals surface area contributed by atoms with E-state index >= 15 is 0 Å². The highest BCUT2D eigenvalue weighted by Gasteiger charge is 2.23. The second-order valence-electron chi connectivity index (χ2n) is 5.30. The van der Waals surface area contributed by atoms with Gasteiger partial charge in [0.15, 0.2) is 0 Å². The monoisotopic (exact) mass is 302 g/mol. The number of fused-ring (bicyclic) bond motifs is 1. The lowest BCUT2D eigenvalue weighted by Crippen LogP contribution is -2.26. The van der Waals surface area contributed by atoms with Crippen LogP contribution >= 0.6 is 0 Å². The number of aryl methyl sites for hydroxylation is 1. The van der Waals surface area contributed by atoms with E-state index in [1.807, 2.05) is 37.3 Å². The number of nitrogens with zero attached hydrogens (tertiary/aromatic N) is 1. The topological polar surface area (TPSA) is 49.4 Å². The van der Waals surface area contributed by atoms with Crippen LogP contribution in [-0.2, 0) is 16.4 Å². The molecule has 3 rings (SSSR count). The van der Waals surface area contributed by atoms with Crippen LogP contribution in [0.5, 0.6) is 0 Å². The first-order chi connectivity index (χ1) is 9.98. The van der Waals surface area contributed by atoms with Crippen LogP contribution in [0.25, 0.3) is 0 Å². The van der Waals surface area contributed by atoms with Crippen LogP contribution in [0.2, 0.25) is 0 Å². The van der Waals surface area contributed by atoms with E-state index in [0.29, 0.717) is 10.6 Å². The summed E-state index contributed by atoms with van der Waals surface area (Å²) in [5.41, 5.74) is 3.87. The van der Waals surface area contributed by atoms with Gasteiger partial charge in [0.1, 0.15) is 0 Å². The molecule has 0 aliphatic carbocycles. The Bertz CT molecular complexity index is 767. The SMILES string of the molecule is Cc1ccc(N(C)S(=O)(=O)c2ccc3c(c2)CCN3)cc1. The molecular formula is C16H18N2O2S. The van der Waals surface area contributed by atoms with Crippen molar-refractivity contribution < 1.29 is 8.42 Å². The van der Waals surface area contributed by atoms with Gasteiger partial charge in [0.2, 0.25) is 0 Å². The third-order valence-electron chi connectivity index (χ3n) is 3.84. The molecule has 0 saturated carbocycles. The first kappa shape index (κ1) is 13.9. The Kier molecular flexibility index (Phi) is 3.37. The van der Waals surface area contributed by atoms with Crippen LogP contribution in [0.4, 0.5) is 11.4 Å².